The van der Waals surface area contributed by atoms with Crippen molar-refractivity contribution in [3.63, 3.8) is 0 Å². The van der Waals surface area contributed by atoms with E-state index in [1.54, 1.807) is 0 Å². The van der Waals surface area contributed by atoms with Crippen LogP contribution in [0, 0.1) is 0 Å². The minimum atomic E-state index is -0.737. The van der Waals surface area contributed by atoms with Gasteiger partial charge in [0.2, 0.25) is 0 Å². The molecule has 1 atom stereocenters. The quantitative estimate of drug-likeness (QED) is 0.482. The number of alkyl carbamates (subject to hydrolysis) is 1. The van der Waals surface area contributed by atoms with Crippen molar-refractivity contribution < 1.29 is 28.4 Å². The predicted molar refractivity (Wildman–Crippen MR) is 126 cm³/mol. The fraction of sp³-hybridized carbons (Fsp3) is 0.636. The van der Waals surface area contributed by atoms with Gasteiger partial charge in [-0.05, 0) is 57.5 Å². The third-order valence-corrected chi connectivity index (χ3v) is 7.12. The Labute approximate surface area is 188 Å². The van der Waals surface area contributed by atoms with Crippen LogP contribution >= 0.6 is 10.0 Å². The molecule has 174 valence electrons. The second-order valence-corrected chi connectivity index (χ2v) is 14.2. The van der Waals surface area contributed by atoms with Crippen LogP contribution < -0.4 is 10.8 Å². The first-order valence-corrected chi connectivity index (χ1v) is 13.4. The van der Waals surface area contributed by atoms with Gasteiger partial charge in [0.25, 0.3) is 0 Å². The van der Waals surface area contributed by atoms with Crippen LogP contribution in [0.15, 0.2) is 24.3 Å². The van der Waals surface area contributed by atoms with Crippen LogP contribution in [0.3, 0.4) is 0 Å². The van der Waals surface area contributed by atoms with Crippen LogP contribution in [0.1, 0.15) is 39.2 Å². The molecule has 9 heteroatoms. The maximum Gasteiger partial charge on any atom is 0.494 e. The van der Waals surface area contributed by atoms with Crippen molar-refractivity contribution in [2.75, 3.05) is 44.8 Å². The van der Waals surface area contributed by atoms with Crippen LogP contribution in [0.4, 0.5) is 4.79 Å². The highest BCUT2D eigenvalue weighted by Crippen LogP contribution is 2.36. The molecule has 0 aromatic heterocycles. The molecule has 0 aliphatic carbocycles. The highest BCUT2D eigenvalue weighted by atomic mass is 32.3. The first-order valence-electron chi connectivity index (χ1n) is 10.4. The molecule has 1 aromatic carbocycles. The summed E-state index contributed by atoms with van der Waals surface area (Å²) in [6.45, 7) is 8.45. The highest BCUT2D eigenvalue weighted by Gasteiger charge is 2.51. The number of hydrogen-bond acceptors (Lipinski definition) is 6. The van der Waals surface area contributed by atoms with Gasteiger partial charge in [0.1, 0.15) is 6.61 Å². The van der Waals surface area contributed by atoms with Crippen LogP contribution in [0.25, 0.3) is 0 Å². The molecule has 0 radical (unpaired) electrons. The Bertz CT molecular complexity index is 759. The van der Waals surface area contributed by atoms with Gasteiger partial charge in [-0.15, -0.1) is 0 Å². The summed E-state index contributed by atoms with van der Waals surface area (Å²) in [6, 6.07) is 7.41. The predicted octanol–water partition coefficient (Wildman–Crippen LogP) is 2.66. The van der Waals surface area contributed by atoms with Gasteiger partial charge in [-0.3, -0.25) is 4.79 Å². The van der Waals surface area contributed by atoms with E-state index in [4.69, 9.17) is 18.8 Å². The fourth-order valence-electron chi connectivity index (χ4n) is 2.96. The second-order valence-electron chi connectivity index (χ2n) is 9.64. The number of carbonyl (C=O) groups is 2. The minimum Gasteiger partial charge on any atom is -0.468 e. The van der Waals surface area contributed by atoms with E-state index in [0.29, 0.717) is 6.61 Å². The largest absolute Gasteiger partial charge is 0.494 e. The molecule has 1 aromatic rings. The summed E-state index contributed by atoms with van der Waals surface area (Å²) in [5.41, 5.74) is 0.738. The molecule has 0 spiro atoms. The third-order valence-electron chi connectivity index (χ3n) is 5.73. The van der Waals surface area contributed by atoms with E-state index in [0.717, 1.165) is 16.8 Å². The molecule has 1 N–H and O–H groups in total. The van der Waals surface area contributed by atoms with Gasteiger partial charge in [0.05, 0.1) is 24.2 Å². The Hall–Kier alpha value is -1.71. The Morgan fingerprint density at radius 1 is 1.06 bits per heavy atom. The summed E-state index contributed by atoms with van der Waals surface area (Å²) in [5, 5.41) is 2.67. The lowest BCUT2D eigenvalue weighted by Gasteiger charge is -2.32. The lowest BCUT2D eigenvalue weighted by atomic mass is 9.78. The molecule has 0 bridgehead atoms. The Morgan fingerprint density at radius 2 is 1.61 bits per heavy atom. The summed E-state index contributed by atoms with van der Waals surface area (Å²) in [7, 11) is 0.117. The summed E-state index contributed by atoms with van der Waals surface area (Å²) in [6.07, 6.45) is 5.95. The number of nitrogens with one attached hydrogen (secondary N) is 1. The average molecular weight is 453 g/mol. The maximum absolute atomic E-state index is 12.3. The van der Waals surface area contributed by atoms with Crippen molar-refractivity contribution in [1.29, 1.82) is 0 Å². The second kappa shape index (κ2) is 9.84. The van der Waals surface area contributed by atoms with Gasteiger partial charge in [-0.1, -0.05) is 24.3 Å². The van der Waals surface area contributed by atoms with E-state index in [-0.39, 0.29) is 6.54 Å². The van der Waals surface area contributed by atoms with Crippen molar-refractivity contribution >= 4 is 34.7 Å². The normalized spacial score (nSPS) is 18.9. The molecule has 1 saturated heterocycles. The number of hydrogen-bond donors (Lipinski definition) is 1. The number of ether oxygens (including phenoxy) is 2. The van der Waals surface area contributed by atoms with Gasteiger partial charge < -0.3 is 24.1 Å². The van der Waals surface area contributed by atoms with E-state index in [9.17, 15) is 9.59 Å². The van der Waals surface area contributed by atoms with Crippen LogP contribution in [0.5, 0.6) is 0 Å². The first kappa shape index (κ1) is 25.6. The van der Waals surface area contributed by atoms with Crippen molar-refractivity contribution in [1.82, 2.24) is 5.32 Å². The number of rotatable bonds is 8. The number of methoxy groups -OCH3 is 1. The SMILES string of the molecule is COC(=O)C(CNC(=O)OCCS(C)(C)C)c1ccc(B2OC(C)(C)C(C)(C)O2)cc1. The third kappa shape index (κ3) is 6.89. The van der Waals surface area contributed by atoms with Gasteiger partial charge in [-0.2, -0.15) is 0 Å². The smallest absolute Gasteiger partial charge is 0.468 e. The molecule has 1 amide bonds. The van der Waals surface area contributed by atoms with E-state index in [2.05, 4.69) is 24.1 Å². The zero-order chi connectivity index (χ0) is 23.4. The molecule has 31 heavy (non-hydrogen) atoms. The van der Waals surface area contributed by atoms with Crippen LogP contribution in [0.2, 0.25) is 0 Å². The van der Waals surface area contributed by atoms with Gasteiger partial charge in [0, 0.05) is 12.3 Å². The molecule has 1 heterocycles. The summed E-state index contributed by atoms with van der Waals surface area (Å²) in [4.78, 5) is 24.3. The zero-order valence-corrected chi connectivity index (χ0v) is 20.8. The van der Waals surface area contributed by atoms with E-state index < -0.39 is 46.3 Å². The molecule has 1 aliphatic heterocycles. The maximum atomic E-state index is 12.3. The number of carbonyl (C=O) groups excluding carboxylic acids is 2. The van der Waals surface area contributed by atoms with E-state index >= 15 is 0 Å². The van der Waals surface area contributed by atoms with Gasteiger partial charge in [-0.25, -0.2) is 14.8 Å². The number of amides is 1. The van der Waals surface area contributed by atoms with E-state index in [1.165, 1.54) is 7.11 Å². The first-order chi connectivity index (χ1) is 14.3. The lowest BCUT2D eigenvalue weighted by Crippen LogP contribution is -2.41. The standard InChI is InChI=1S/C22H36BNO6S/c1-21(2)22(3,4)30-23(29-21)17-11-9-16(10-12-17)18(19(25)27-5)15-24-20(26)28-13-14-31(6,7)8/h9-12,18H,13-15H2,1-8H3,(H,24,26). The van der Waals surface area contributed by atoms with Crippen molar-refractivity contribution in [3.05, 3.63) is 29.8 Å². The Kier molecular flexibility index (Phi) is 8.11. The monoisotopic (exact) mass is 453 g/mol. The highest BCUT2D eigenvalue weighted by molar-refractivity contribution is 8.32. The van der Waals surface area contributed by atoms with Crippen LogP contribution in [-0.4, -0.2) is 75.2 Å². The van der Waals surface area contributed by atoms with Gasteiger partial charge >= 0.3 is 19.2 Å². The van der Waals surface area contributed by atoms with Crippen molar-refractivity contribution in [2.24, 2.45) is 0 Å². The van der Waals surface area contributed by atoms with E-state index in [1.807, 2.05) is 52.0 Å². The molecule has 1 fully saturated rings. The average Bonchev–Trinajstić information content (AvgIpc) is 2.88. The summed E-state index contributed by atoms with van der Waals surface area (Å²) < 4.78 is 22.3. The number of benzene rings is 1. The Morgan fingerprint density at radius 3 is 2.10 bits per heavy atom. The van der Waals surface area contributed by atoms with Crippen LogP contribution in [-0.2, 0) is 23.6 Å². The van der Waals surface area contributed by atoms with Crippen molar-refractivity contribution in [2.45, 2.75) is 44.8 Å². The summed E-state index contributed by atoms with van der Waals surface area (Å²) in [5.74, 6) is -0.234. The summed E-state index contributed by atoms with van der Waals surface area (Å²) >= 11 is 0. The van der Waals surface area contributed by atoms with Gasteiger partial charge in [0.15, 0.2) is 0 Å². The fourth-order valence-corrected chi connectivity index (χ4v) is 3.55. The molecule has 7 nitrogen and oxygen atoms in total. The molecular weight excluding hydrogens is 417 g/mol. The minimum absolute atomic E-state index is 0.0870. The molecular formula is C22H36BNO6S. The van der Waals surface area contributed by atoms with Crippen molar-refractivity contribution in [3.8, 4) is 0 Å². The molecule has 1 unspecified atom stereocenters. The molecule has 0 saturated carbocycles. The molecule has 1 aliphatic rings. The lowest BCUT2D eigenvalue weighted by molar-refractivity contribution is -0.142. The number of esters is 1. The topological polar surface area (TPSA) is 83.1 Å². The zero-order valence-electron chi connectivity index (χ0n) is 19.9. The molecule has 2 rings (SSSR count). The Balaban J connectivity index is 2.01.